The predicted octanol–water partition coefficient (Wildman–Crippen LogP) is 1.43. The summed E-state index contributed by atoms with van der Waals surface area (Å²) in [6.45, 7) is 1.53. The van der Waals surface area contributed by atoms with E-state index in [-0.39, 0.29) is 5.78 Å². The largest absolute Gasteiger partial charge is 0.248 e. The SMILES string of the molecule is CC(=O)C1=CC=CC=[C+]1. The molecule has 0 spiro atoms. The van der Waals surface area contributed by atoms with Crippen LogP contribution in [0.5, 0.6) is 0 Å². The maximum absolute atomic E-state index is 10.6. The van der Waals surface area contributed by atoms with E-state index in [0.29, 0.717) is 5.57 Å². The van der Waals surface area contributed by atoms with E-state index in [0.717, 1.165) is 0 Å². The molecule has 1 rings (SSSR count). The van der Waals surface area contributed by atoms with E-state index in [1.165, 1.54) is 6.92 Å². The molecule has 0 amide bonds. The van der Waals surface area contributed by atoms with Gasteiger partial charge in [-0.2, -0.15) is 0 Å². The molecule has 9 heavy (non-hydrogen) atoms. The van der Waals surface area contributed by atoms with E-state index in [4.69, 9.17) is 0 Å². The second kappa shape index (κ2) is 2.38. The second-order valence-electron chi connectivity index (χ2n) is 1.83. The minimum atomic E-state index is 0.0654. The Kier molecular flexibility index (Phi) is 1.57. The lowest BCUT2D eigenvalue weighted by Crippen LogP contribution is -1.93. The lowest BCUT2D eigenvalue weighted by atomic mass is 10.1. The Morgan fingerprint density at radius 3 is 2.67 bits per heavy atom. The highest BCUT2D eigenvalue weighted by Crippen LogP contribution is 2.02. The second-order valence-corrected chi connectivity index (χ2v) is 1.83. The van der Waals surface area contributed by atoms with Crippen LogP contribution in [0.4, 0.5) is 0 Å². The van der Waals surface area contributed by atoms with Crippen LogP contribution < -0.4 is 0 Å². The molecule has 0 saturated heterocycles. The molecule has 0 aromatic rings. The van der Waals surface area contributed by atoms with Gasteiger partial charge in [0.15, 0.2) is 5.57 Å². The Bertz CT molecular complexity index is 207. The number of ketones is 1. The third kappa shape index (κ3) is 1.34. The van der Waals surface area contributed by atoms with Gasteiger partial charge in [0.25, 0.3) is 0 Å². The summed E-state index contributed by atoms with van der Waals surface area (Å²) in [6, 6.07) is 0. The van der Waals surface area contributed by atoms with Crippen molar-refractivity contribution in [2.75, 3.05) is 0 Å². The van der Waals surface area contributed by atoms with Gasteiger partial charge in [-0.1, -0.05) is 0 Å². The molecule has 1 nitrogen and oxygen atoms in total. The molecule has 0 aromatic carbocycles. The fraction of sp³-hybridized carbons (Fsp3) is 0.125. The number of rotatable bonds is 1. The van der Waals surface area contributed by atoms with Gasteiger partial charge in [0.1, 0.15) is 0 Å². The summed E-state index contributed by atoms with van der Waals surface area (Å²) >= 11 is 0. The number of hydrogen-bond donors (Lipinski definition) is 0. The molecule has 1 aliphatic carbocycles. The zero-order chi connectivity index (χ0) is 6.69. The van der Waals surface area contributed by atoms with Gasteiger partial charge in [-0.3, -0.25) is 0 Å². The summed E-state index contributed by atoms with van der Waals surface area (Å²) in [6.07, 6.45) is 9.97. The summed E-state index contributed by atoms with van der Waals surface area (Å²) < 4.78 is 0. The van der Waals surface area contributed by atoms with E-state index in [1.54, 1.807) is 12.2 Å². The standard InChI is InChI=1S/C8H7O/c1-7(9)8-5-3-2-4-6-8/h2-5H,1H3/q+1. The van der Waals surface area contributed by atoms with Crippen LogP contribution in [0.25, 0.3) is 0 Å². The molecule has 0 bridgehead atoms. The van der Waals surface area contributed by atoms with Crippen LogP contribution in [0.15, 0.2) is 29.9 Å². The molecule has 1 aliphatic rings. The topological polar surface area (TPSA) is 17.1 Å². The highest BCUT2D eigenvalue weighted by Gasteiger charge is 2.08. The first kappa shape index (κ1) is 5.93. The van der Waals surface area contributed by atoms with Gasteiger partial charge in [0.2, 0.25) is 5.78 Å². The first-order valence-corrected chi connectivity index (χ1v) is 2.78. The summed E-state index contributed by atoms with van der Waals surface area (Å²) in [7, 11) is 0. The first-order chi connectivity index (χ1) is 4.30. The van der Waals surface area contributed by atoms with Gasteiger partial charge in [0, 0.05) is 31.2 Å². The van der Waals surface area contributed by atoms with E-state index in [9.17, 15) is 4.79 Å². The number of carbonyl (C=O) groups excluding carboxylic acids is 1. The van der Waals surface area contributed by atoms with Crippen molar-refractivity contribution >= 4 is 5.78 Å². The van der Waals surface area contributed by atoms with E-state index in [2.05, 4.69) is 6.08 Å². The highest BCUT2D eigenvalue weighted by atomic mass is 16.1. The van der Waals surface area contributed by atoms with Crippen molar-refractivity contribution in [3.8, 4) is 0 Å². The molecule has 1 heteroatoms. The number of allylic oxidation sites excluding steroid dienone is 6. The quantitative estimate of drug-likeness (QED) is 0.477. The van der Waals surface area contributed by atoms with Crippen LogP contribution in [0.1, 0.15) is 6.92 Å². The molecule has 0 atom stereocenters. The molecule has 0 aliphatic heterocycles. The zero-order valence-corrected chi connectivity index (χ0v) is 5.22. The van der Waals surface area contributed by atoms with Gasteiger partial charge in [-0.15, -0.1) is 0 Å². The molecule has 0 N–H and O–H groups in total. The Hall–Kier alpha value is -1.20. The Balaban J connectivity index is 2.84. The Morgan fingerprint density at radius 2 is 2.33 bits per heavy atom. The Morgan fingerprint density at radius 1 is 1.56 bits per heavy atom. The molecule has 0 saturated carbocycles. The third-order valence-electron chi connectivity index (χ3n) is 1.09. The smallest absolute Gasteiger partial charge is 0.235 e. The molecule has 44 valence electrons. The first-order valence-electron chi connectivity index (χ1n) is 2.78. The van der Waals surface area contributed by atoms with Crippen LogP contribution in [0.2, 0.25) is 0 Å². The van der Waals surface area contributed by atoms with E-state index < -0.39 is 0 Å². The van der Waals surface area contributed by atoms with Crippen LogP contribution in [-0.4, -0.2) is 5.78 Å². The summed E-state index contributed by atoms with van der Waals surface area (Å²) in [5.74, 6) is 0.0654. The average molecular weight is 119 g/mol. The predicted molar refractivity (Wildman–Crippen MR) is 35.7 cm³/mol. The maximum Gasteiger partial charge on any atom is 0.248 e. The molecule has 0 unspecified atom stereocenters. The molecule has 0 radical (unpaired) electrons. The fourth-order valence-corrected chi connectivity index (χ4v) is 0.612. The van der Waals surface area contributed by atoms with Crippen molar-refractivity contribution < 1.29 is 4.79 Å². The van der Waals surface area contributed by atoms with Crippen molar-refractivity contribution in [3.63, 3.8) is 0 Å². The minimum absolute atomic E-state index is 0.0654. The Labute approximate surface area is 54.4 Å². The van der Waals surface area contributed by atoms with E-state index >= 15 is 0 Å². The molecular weight excluding hydrogens is 112 g/mol. The van der Waals surface area contributed by atoms with Gasteiger partial charge < -0.3 is 0 Å². The van der Waals surface area contributed by atoms with Crippen LogP contribution in [0.3, 0.4) is 0 Å². The lowest BCUT2D eigenvalue weighted by Gasteiger charge is -1.83. The monoisotopic (exact) mass is 119 g/mol. The summed E-state index contributed by atoms with van der Waals surface area (Å²) in [5.41, 5.74) is 0.650. The van der Waals surface area contributed by atoms with Crippen LogP contribution in [-0.2, 0) is 4.79 Å². The minimum Gasteiger partial charge on any atom is -0.235 e. The van der Waals surface area contributed by atoms with Crippen molar-refractivity contribution in [1.29, 1.82) is 0 Å². The summed E-state index contributed by atoms with van der Waals surface area (Å²) in [4.78, 5) is 10.6. The fourth-order valence-electron chi connectivity index (χ4n) is 0.612. The van der Waals surface area contributed by atoms with Crippen molar-refractivity contribution in [1.82, 2.24) is 0 Å². The maximum atomic E-state index is 10.6. The average Bonchev–Trinajstić information content (AvgIpc) is 1.90. The summed E-state index contributed by atoms with van der Waals surface area (Å²) in [5, 5.41) is 0. The third-order valence-corrected chi connectivity index (χ3v) is 1.09. The van der Waals surface area contributed by atoms with Gasteiger partial charge >= 0.3 is 0 Å². The van der Waals surface area contributed by atoms with Gasteiger partial charge in [-0.25, -0.2) is 4.79 Å². The number of hydrogen-bond acceptors (Lipinski definition) is 1. The molecule has 0 heterocycles. The van der Waals surface area contributed by atoms with E-state index in [1.807, 2.05) is 12.2 Å². The number of Topliss-reactive ketones (excluding diaryl/α,β-unsaturated/α-hetero) is 1. The molecule has 0 aromatic heterocycles. The van der Waals surface area contributed by atoms with Crippen molar-refractivity contribution in [2.45, 2.75) is 6.92 Å². The van der Waals surface area contributed by atoms with Crippen LogP contribution >= 0.6 is 0 Å². The van der Waals surface area contributed by atoms with Crippen molar-refractivity contribution in [3.05, 3.63) is 36.0 Å². The lowest BCUT2D eigenvalue weighted by molar-refractivity contribution is -0.113. The normalized spacial score (nSPS) is 14.6. The van der Waals surface area contributed by atoms with Crippen molar-refractivity contribution in [2.24, 2.45) is 0 Å². The molecule has 0 fully saturated rings. The highest BCUT2D eigenvalue weighted by molar-refractivity contribution is 5.95. The van der Waals surface area contributed by atoms with Gasteiger partial charge in [0.05, 0.1) is 6.08 Å². The van der Waals surface area contributed by atoms with Gasteiger partial charge in [-0.05, 0) is 0 Å². The van der Waals surface area contributed by atoms with Crippen LogP contribution in [0, 0.1) is 6.08 Å². The molecular formula is C8H7O+. The number of carbonyl (C=O) groups is 1. The zero-order valence-electron chi connectivity index (χ0n) is 5.22.